The first kappa shape index (κ1) is 12.6. The maximum atomic E-state index is 12.9. The third kappa shape index (κ3) is 2.88. The van der Waals surface area contributed by atoms with Gasteiger partial charge in [-0.25, -0.2) is 13.8 Å². The Morgan fingerprint density at radius 2 is 2.22 bits per heavy atom. The molecule has 1 aromatic carbocycles. The fraction of sp³-hybridized carbons (Fsp3) is 0.417. The molecular formula is C12H14F2N2O2. The third-order valence-electron chi connectivity index (χ3n) is 2.71. The minimum atomic E-state index is -0.926. The second-order valence-corrected chi connectivity index (χ2v) is 4.41. The molecule has 0 bridgehead atoms. The molecule has 0 aliphatic carbocycles. The summed E-state index contributed by atoms with van der Waals surface area (Å²) in [4.78, 5) is 4.14. The van der Waals surface area contributed by atoms with Crippen LogP contribution in [0.4, 0.5) is 8.78 Å². The van der Waals surface area contributed by atoms with Gasteiger partial charge in [0, 0.05) is 12.5 Å². The van der Waals surface area contributed by atoms with Gasteiger partial charge in [-0.2, -0.15) is 0 Å². The summed E-state index contributed by atoms with van der Waals surface area (Å²) in [6.07, 6.45) is 0.576. The monoisotopic (exact) mass is 256 g/mol. The lowest BCUT2D eigenvalue weighted by molar-refractivity contribution is 0.216. The fourth-order valence-corrected chi connectivity index (χ4v) is 1.64. The number of nitrogens with zero attached hydrogens (tertiary/aromatic N) is 1. The molecule has 6 heteroatoms. The van der Waals surface area contributed by atoms with Crippen molar-refractivity contribution in [1.29, 1.82) is 0 Å². The van der Waals surface area contributed by atoms with Crippen LogP contribution >= 0.6 is 0 Å². The van der Waals surface area contributed by atoms with Crippen LogP contribution in [0.2, 0.25) is 0 Å². The van der Waals surface area contributed by atoms with Crippen molar-refractivity contribution >= 4 is 6.02 Å². The Kier molecular flexibility index (Phi) is 3.36. The van der Waals surface area contributed by atoms with Crippen molar-refractivity contribution in [2.75, 3.05) is 13.2 Å². The predicted molar refractivity (Wildman–Crippen MR) is 62.4 cm³/mol. The van der Waals surface area contributed by atoms with E-state index in [9.17, 15) is 8.78 Å². The second kappa shape index (κ2) is 4.80. The fourth-order valence-electron chi connectivity index (χ4n) is 1.64. The summed E-state index contributed by atoms with van der Waals surface area (Å²) in [5, 5.41) is 0. The summed E-state index contributed by atoms with van der Waals surface area (Å²) < 4.78 is 36.0. The highest BCUT2D eigenvalue weighted by molar-refractivity contribution is 5.73. The third-order valence-corrected chi connectivity index (χ3v) is 2.71. The lowest BCUT2D eigenvalue weighted by Gasteiger charge is -2.18. The van der Waals surface area contributed by atoms with E-state index in [-0.39, 0.29) is 11.8 Å². The highest BCUT2D eigenvalue weighted by atomic mass is 19.2. The van der Waals surface area contributed by atoms with E-state index in [4.69, 9.17) is 15.2 Å². The molecule has 0 radical (unpaired) electrons. The summed E-state index contributed by atoms with van der Waals surface area (Å²) in [5.41, 5.74) is 5.01. The molecule has 0 aromatic heterocycles. The maximum absolute atomic E-state index is 12.9. The van der Waals surface area contributed by atoms with E-state index in [1.165, 1.54) is 6.07 Å². The molecule has 1 heterocycles. The van der Waals surface area contributed by atoms with Crippen LogP contribution in [0.3, 0.4) is 0 Å². The molecule has 1 aromatic rings. The standard InChI is InChI=1S/C12H14F2N2O2/c1-12(7-18-11(15)16-12)4-5-17-8-2-3-9(13)10(14)6-8/h2-3,6H,4-5,7H2,1H3,(H2,15,16). The van der Waals surface area contributed by atoms with Crippen molar-refractivity contribution in [2.45, 2.75) is 18.9 Å². The van der Waals surface area contributed by atoms with Crippen molar-refractivity contribution in [2.24, 2.45) is 10.7 Å². The Balaban J connectivity index is 1.87. The molecule has 18 heavy (non-hydrogen) atoms. The van der Waals surface area contributed by atoms with Crippen molar-refractivity contribution in [3.63, 3.8) is 0 Å². The maximum Gasteiger partial charge on any atom is 0.282 e. The number of halogens is 2. The van der Waals surface area contributed by atoms with Crippen LogP contribution in [0.5, 0.6) is 5.75 Å². The Labute approximate surface area is 103 Å². The molecule has 0 saturated carbocycles. The summed E-state index contributed by atoms with van der Waals surface area (Å²) in [6, 6.07) is 3.59. The van der Waals surface area contributed by atoms with Gasteiger partial charge in [0.15, 0.2) is 11.6 Å². The van der Waals surface area contributed by atoms with E-state index >= 15 is 0 Å². The highest BCUT2D eigenvalue weighted by Gasteiger charge is 2.30. The number of hydrogen-bond acceptors (Lipinski definition) is 4. The Morgan fingerprint density at radius 1 is 1.44 bits per heavy atom. The predicted octanol–water partition coefficient (Wildman–Crippen LogP) is 1.84. The second-order valence-electron chi connectivity index (χ2n) is 4.41. The van der Waals surface area contributed by atoms with Gasteiger partial charge in [0.05, 0.1) is 6.61 Å². The summed E-state index contributed by atoms with van der Waals surface area (Å²) in [5.74, 6) is -1.53. The van der Waals surface area contributed by atoms with E-state index in [1.54, 1.807) is 0 Å². The Morgan fingerprint density at radius 3 is 2.83 bits per heavy atom. The van der Waals surface area contributed by atoms with Crippen LogP contribution in [-0.2, 0) is 4.74 Å². The average Bonchev–Trinajstić information content (AvgIpc) is 2.64. The topological polar surface area (TPSA) is 56.8 Å². The Bertz CT molecular complexity index is 479. The van der Waals surface area contributed by atoms with Gasteiger partial charge in [-0.1, -0.05) is 0 Å². The van der Waals surface area contributed by atoms with Crippen LogP contribution in [0.1, 0.15) is 13.3 Å². The zero-order valence-electron chi connectivity index (χ0n) is 9.95. The van der Waals surface area contributed by atoms with Gasteiger partial charge >= 0.3 is 0 Å². The zero-order chi connectivity index (χ0) is 13.2. The van der Waals surface area contributed by atoms with E-state index in [2.05, 4.69) is 4.99 Å². The van der Waals surface area contributed by atoms with Crippen molar-refractivity contribution < 1.29 is 18.3 Å². The van der Waals surface area contributed by atoms with Gasteiger partial charge < -0.3 is 15.2 Å². The van der Waals surface area contributed by atoms with Gasteiger partial charge in [0.2, 0.25) is 0 Å². The van der Waals surface area contributed by atoms with Crippen LogP contribution in [0, 0.1) is 11.6 Å². The van der Waals surface area contributed by atoms with Gasteiger partial charge in [-0.05, 0) is 19.1 Å². The van der Waals surface area contributed by atoms with E-state index in [1.807, 2.05) is 6.92 Å². The van der Waals surface area contributed by atoms with Crippen LogP contribution in [-0.4, -0.2) is 24.8 Å². The summed E-state index contributed by atoms with van der Waals surface area (Å²) in [7, 11) is 0. The number of benzene rings is 1. The molecule has 98 valence electrons. The first-order valence-electron chi connectivity index (χ1n) is 5.54. The molecule has 0 spiro atoms. The first-order chi connectivity index (χ1) is 8.48. The first-order valence-corrected chi connectivity index (χ1v) is 5.54. The number of hydrogen-bond donors (Lipinski definition) is 1. The molecule has 1 unspecified atom stereocenters. The van der Waals surface area contributed by atoms with E-state index < -0.39 is 17.2 Å². The minimum absolute atomic E-state index is 0.172. The van der Waals surface area contributed by atoms with E-state index in [0.717, 1.165) is 12.1 Å². The molecule has 2 rings (SSSR count). The molecule has 0 amide bonds. The van der Waals surface area contributed by atoms with Gasteiger partial charge in [-0.3, -0.25) is 0 Å². The van der Waals surface area contributed by atoms with Crippen LogP contribution in [0.25, 0.3) is 0 Å². The molecule has 0 saturated heterocycles. The van der Waals surface area contributed by atoms with Crippen molar-refractivity contribution in [3.8, 4) is 5.75 Å². The average molecular weight is 256 g/mol. The van der Waals surface area contributed by atoms with Gasteiger partial charge in [0.1, 0.15) is 17.9 Å². The minimum Gasteiger partial charge on any atom is -0.493 e. The number of amidine groups is 1. The lowest BCUT2D eigenvalue weighted by Crippen LogP contribution is -2.26. The summed E-state index contributed by atoms with van der Waals surface area (Å²) in [6.45, 7) is 2.61. The quantitative estimate of drug-likeness (QED) is 0.894. The van der Waals surface area contributed by atoms with Crippen LogP contribution in [0.15, 0.2) is 23.2 Å². The van der Waals surface area contributed by atoms with Crippen molar-refractivity contribution in [3.05, 3.63) is 29.8 Å². The Hall–Kier alpha value is -1.85. The lowest BCUT2D eigenvalue weighted by atomic mass is 10.0. The SMILES string of the molecule is CC1(CCOc2ccc(F)c(F)c2)COC(N)=N1. The number of nitrogens with two attached hydrogens (primary N) is 1. The molecule has 1 atom stereocenters. The molecule has 1 aliphatic heterocycles. The van der Waals surface area contributed by atoms with Gasteiger partial charge in [-0.15, -0.1) is 0 Å². The smallest absolute Gasteiger partial charge is 0.282 e. The zero-order valence-corrected chi connectivity index (χ0v) is 9.95. The number of ether oxygens (including phenoxy) is 2. The van der Waals surface area contributed by atoms with Crippen LogP contribution < -0.4 is 10.5 Å². The van der Waals surface area contributed by atoms with E-state index in [0.29, 0.717) is 19.6 Å². The number of aliphatic imine (C=N–C) groups is 1. The number of rotatable bonds is 4. The largest absolute Gasteiger partial charge is 0.493 e. The molecular weight excluding hydrogens is 242 g/mol. The molecule has 0 fully saturated rings. The highest BCUT2D eigenvalue weighted by Crippen LogP contribution is 2.22. The molecule has 2 N–H and O–H groups in total. The summed E-state index contributed by atoms with van der Waals surface area (Å²) >= 11 is 0. The normalized spacial score (nSPS) is 22.5. The van der Waals surface area contributed by atoms with Gasteiger partial charge in [0.25, 0.3) is 6.02 Å². The van der Waals surface area contributed by atoms with Crippen molar-refractivity contribution in [1.82, 2.24) is 0 Å². The molecule has 1 aliphatic rings. The molecule has 4 nitrogen and oxygen atoms in total.